The van der Waals surface area contributed by atoms with E-state index in [1.807, 2.05) is 51.1 Å². The summed E-state index contributed by atoms with van der Waals surface area (Å²) in [5, 5.41) is 0. The summed E-state index contributed by atoms with van der Waals surface area (Å²) in [4.78, 5) is 27.4. The van der Waals surface area contributed by atoms with E-state index in [2.05, 4.69) is 22.1 Å². The fourth-order valence-corrected chi connectivity index (χ4v) is 5.11. The lowest BCUT2D eigenvalue weighted by atomic mass is 9.79. The van der Waals surface area contributed by atoms with Crippen LogP contribution in [0.5, 0.6) is 11.5 Å². The molecule has 0 bridgehead atoms. The van der Waals surface area contributed by atoms with Gasteiger partial charge in [-0.1, -0.05) is 18.2 Å². The van der Waals surface area contributed by atoms with Crippen molar-refractivity contribution in [1.29, 1.82) is 0 Å². The third kappa shape index (κ3) is 4.23. The number of amides is 1. The van der Waals surface area contributed by atoms with Crippen LogP contribution in [0.2, 0.25) is 0 Å². The van der Waals surface area contributed by atoms with Crippen molar-refractivity contribution in [2.75, 3.05) is 19.7 Å². The number of carbonyl (C=O) groups excluding carboxylic acids is 1. The highest BCUT2D eigenvalue weighted by Gasteiger charge is 2.47. The van der Waals surface area contributed by atoms with Crippen LogP contribution in [0.25, 0.3) is 16.7 Å². The van der Waals surface area contributed by atoms with Crippen molar-refractivity contribution < 1.29 is 19.0 Å². The zero-order valence-electron chi connectivity index (χ0n) is 21.6. The summed E-state index contributed by atoms with van der Waals surface area (Å²) in [6.45, 7) is 6.96. The van der Waals surface area contributed by atoms with E-state index in [1.54, 1.807) is 17.3 Å². The lowest BCUT2D eigenvalue weighted by Crippen LogP contribution is -2.39. The Labute approximate surface area is 221 Å². The number of benzene rings is 2. The van der Waals surface area contributed by atoms with Crippen LogP contribution in [0, 0.1) is 0 Å². The Hall–Kier alpha value is -4.40. The third-order valence-corrected chi connectivity index (χ3v) is 6.93. The number of rotatable bonds is 2. The monoisotopic (exact) mass is 511 g/mol. The highest BCUT2D eigenvalue weighted by Crippen LogP contribution is 2.52. The van der Waals surface area contributed by atoms with Gasteiger partial charge in [0.05, 0.1) is 0 Å². The summed E-state index contributed by atoms with van der Waals surface area (Å²) in [7, 11) is 0. The molecule has 194 valence electrons. The van der Waals surface area contributed by atoms with Crippen LogP contribution in [-0.2, 0) is 15.0 Å². The van der Waals surface area contributed by atoms with Gasteiger partial charge in [-0.25, -0.2) is 19.8 Å². The standard InChI is InChI=1S/C29H29N5O4/c1-28(2,3)38-27(35)34-10-8-18(9-11-34)19-4-6-24-22(12-19)29(16-36-26(30)33-29)23-13-20(5-7-25(23)37-24)21-14-31-17-32-15-21/h4-8,12-15,17H,9-11,16H2,1-3H3,(H2,30,33)/t29-/m1/s1. The van der Waals surface area contributed by atoms with Gasteiger partial charge in [-0.15, -0.1) is 0 Å². The first-order valence-corrected chi connectivity index (χ1v) is 12.6. The molecule has 6 rings (SSSR count). The molecule has 0 saturated heterocycles. The van der Waals surface area contributed by atoms with Crippen molar-refractivity contribution >= 4 is 17.7 Å². The van der Waals surface area contributed by atoms with Crippen molar-refractivity contribution in [1.82, 2.24) is 14.9 Å². The molecular formula is C29H29N5O4. The lowest BCUT2D eigenvalue weighted by molar-refractivity contribution is 0.0270. The topological polar surface area (TPSA) is 112 Å². The maximum atomic E-state index is 12.5. The maximum Gasteiger partial charge on any atom is 0.410 e. The van der Waals surface area contributed by atoms with Crippen molar-refractivity contribution in [3.05, 3.63) is 77.9 Å². The summed E-state index contributed by atoms with van der Waals surface area (Å²) in [6.07, 6.45) is 7.55. The van der Waals surface area contributed by atoms with E-state index in [1.165, 1.54) is 6.33 Å². The van der Waals surface area contributed by atoms with Gasteiger partial charge in [0.1, 0.15) is 30.0 Å². The molecule has 9 nitrogen and oxygen atoms in total. The summed E-state index contributed by atoms with van der Waals surface area (Å²) < 4.78 is 17.6. The average Bonchev–Trinajstić information content (AvgIpc) is 3.30. The van der Waals surface area contributed by atoms with Gasteiger partial charge in [0.25, 0.3) is 6.02 Å². The molecule has 2 N–H and O–H groups in total. The number of carbonyl (C=O) groups is 1. The number of ether oxygens (including phenoxy) is 3. The molecule has 4 heterocycles. The molecule has 9 heteroatoms. The first kappa shape index (κ1) is 24.0. The second kappa shape index (κ2) is 8.86. The van der Waals surface area contributed by atoms with Gasteiger partial charge < -0.3 is 24.8 Å². The summed E-state index contributed by atoms with van der Waals surface area (Å²) in [5.41, 5.74) is 10.5. The third-order valence-electron chi connectivity index (χ3n) is 6.93. The normalized spacial score (nSPS) is 20.0. The van der Waals surface area contributed by atoms with Crippen molar-refractivity contribution in [3.8, 4) is 22.6 Å². The van der Waals surface area contributed by atoms with E-state index in [0.29, 0.717) is 31.0 Å². The minimum Gasteiger partial charge on any atom is -0.462 e. The molecule has 0 unspecified atom stereocenters. The van der Waals surface area contributed by atoms with E-state index >= 15 is 0 Å². The quantitative estimate of drug-likeness (QED) is 0.523. The largest absolute Gasteiger partial charge is 0.462 e. The molecule has 1 spiro atoms. The van der Waals surface area contributed by atoms with Crippen LogP contribution < -0.4 is 10.5 Å². The maximum absolute atomic E-state index is 12.5. The van der Waals surface area contributed by atoms with Gasteiger partial charge in [0.15, 0.2) is 5.54 Å². The second-order valence-electron chi connectivity index (χ2n) is 10.7. The van der Waals surface area contributed by atoms with Gasteiger partial charge in [-0.3, -0.25) is 0 Å². The molecule has 38 heavy (non-hydrogen) atoms. The zero-order valence-corrected chi connectivity index (χ0v) is 21.6. The minimum atomic E-state index is -0.841. The molecule has 3 aliphatic heterocycles. The van der Waals surface area contributed by atoms with E-state index < -0.39 is 11.1 Å². The van der Waals surface area contributed by atoms with E-state index in [4.69, 9.17) is 24.9 Å². The number of fused-ring (bicyclic) bond motifs is 4. The van der Waals surface area contributed by atoms with Crippen molar-refractivity contribution in [2.24, 2.45) is 10.7 Å². The summed E-state index contributed by atoms with van der Waals surface area (Å²) >= 11 is 0. The fourth-order valence-electron chi connectivity index (χ4n) is 5.11. The number of aliphatic imine (C=N–C) groups is 1. The summed E-state index contributed by atoms with van der Waals surface area (Å²) in [5.74, 6) is 1.42. The van der Waals surface area contributed by atoms with Crippen molar-refractivity contribution in [3.63, 3.8) is 0 Å². The Balaban J connectivity index is 1.36. The smallest absolute Gasteiger partial charge is 0.410 e. The zero-order chi connectivity index (χ0) is 26.5. The van der Waals surface area contributed by atoms with Crippen LogP contribution in [0.15, 0.2) is 66.2 Å². The van der Waals surface area contributed by atoms with Crippen LogP contribution in [-0.4, -0.2) is 52.3 Å². The number of nitrogens with zero attached hydrogens (tertiary/aromatic N) is 4. The highest BCUT2D eigenvalue weighted by atomic mass is 16.6. The van der Waals surface area contributed by atoms with Gasteiger partial charge in [-0.2, -0.15) is 0 Å². The Morgan fingerprint density at radius 2 is 1.71 bits per heavy atom. The SMILES string of the molecule is CC(C)(C)OC(=O)N1CC=C(c2ccc3c(c2)[C@]2(COC(N)=N2)c2cc(-c4cncnc4)ccc2O3)CC1. The number of hydrogen-bond donors (Lipinski definition) is 1. The minimum absolute atomic E-state index is 0.146. The Morgan fingerprint density at radius 1 is 1.03 bits per heavy atom. The van der Waals surface area contributed by atoms with Gasteiger partial charge in [-0.05, 0) is 68.2 Å². The number of nitrogens with two attached hydrogens (primary N) is 1. The predicted octanol–water partition coefficient (Wildman–Crippen LogP) is 4.86. The Bertz CT molecular complexity index is 1480. The number of hydrogen-bond acceptors (Lipinski definition) is 8. The van der Waals surface area contributed by atoms with Crippen molar-refractivity contribution in [2.45, 2.75) is 38.3 Å². The molecule has 1 aromatic heterocycles. The molecule has 0 saturated carbocycles. The first-order chi connectivity index (χ1) is 18.2. The summed E-state index contributed by atoms with van der Waals surface area (Å²) in [6, 6.07) is 12.2. The predicted molar refractivity (Wildman–Crippen MR) is 143 cm³/mol. The van der Waals surface area contributed by atoms with E-state index in [9.17, 15) is 4.79 Å². The molecule has 3 aromatic rings. The molecule has 0 fully saturated rings. The van der Waals surface area contributed by atoms with E-state index in [0.717, 1.165) is 33.4 Å². The Kier molecular flexibility index (Phi) is 5.59. The van der Waals surface area contributed by atoms with Gasteiger partial charge >= 0.3 is 6.09 Å². The molecule has 0 radical (unpaired) electrons. The molecule has 0 aliphatic carbocycles. The van der Waals surface area contributed by atoms with Gasteiger partial charge in [0, 0.05) is 42.2 Å². The van der Waals surface area contributed by atoms with Gasteiger partial charge in [0.2, 0.25) is 0 Å². The van der Waals surface area contributed by atoms with Crippen LogP contribution in [0.3, 0.4) is 0 Å². The first-order valence-electron chi connectivity index (χ1n) is 12.6. The number of aromatic nitrogens is 2. The fraction of sp³-hybridized carbons (Fsp3) is 0.310. The molecule has 1 atom stereocenters. The lowest BCUT2D eigenvalue weighted by Gasteiger charge is -2.34. The molecule has 3 aliphatic rings. The Morgan fingerprint density at radius 3 is 2.32 bits per heavy atom. The average molecular weight is 512 g/mol. The highest BCUT2D eigenvalue weighted by molar-refractivity contribution is 5.79. The number of amidine groups is 1. The molecular weight excluding hydrogens is 482 g/mol. The molecule has 2 aromatic carbocycles. The second-order valence-corrected chi connectivity index (χ2v) is 10.7. The van der Waals surface area contributed by atoms with Crippen LogP contribution >= 0.6 is 0 Å². The molecule has 1 amide bonds. The van der Waals surface area contributed by atoms with Crippen LogP contribution in [0.4, 0.5) is 4.79 Å². The van der Waals surface area contributed by atoms with Crippen LogP contribution in [0.1, 0.15) is 43.9 Å². The van der Waals surface area contributed by atoms with E-state index in [-0.39, 0.29) is 18.7 Å².